The maximum absolute atomic E-state index is 12.9. The van der Waals surface area contributed by atoms with Crippen LogP contribution in [0.3, 0.4) is 0 Å². The summed E-state index contributed by atoms with van der Waals surface area (Å²) in [5, 5.41) is 0.0259. The summed E-state index contributed by atoms with van der Waals surface area (Å²) in [6, 6.07) is 0. The number of aromatic nitrogens is 1. The highest BCUT2D eigenvalue weighted by Crippen LogP contribution is 2.38. The molecule has 1 aliphatic rings. The molecule has 0 bridgehead atoms. The standard InChI is InChI=1S/C11H14F3N3O3S2/c1-6-16-8(11(12,13)14)10(21-6)22(19,20)17-4-2-7(3-5-17)9(15)18/h7H,2-5H2,1H3,(H2,15,18). The number of nitrogens with two attached hydrogens (primary N) is 1. The predicted octanol–water partition coefficient (Wildman–Crippen LogP) is 1.36. The van der Waals surface area contributed by atoms with Crippen molar-refractivity contribution in [2.45, 2.75) is 30.2 Å². The largest absolute Gasteiger partial charge is 0.435 e. The molecule has 1 saturated heterocycles. The van der Waals surface area contributed by atoms with Crippen molar-refractivity contribution >= 4 is 27.3 Å². The Kier molecular flexibility index (Phi) is 4.51. The molecule has 2 rings (SSSR count). The van der Waals surface area contributed by atoms with E-state index in [0.717, 1.165) is 4.31 Å². The van der Waals surface area contributed by atoms with Crippen LogP contribution >= 0.6 is 11.3 Å². The van der Waals surface area contributed by atoms with Crippen LogP contribution < -0.4 is 5.73 Å². The van der Waals surface area contributed by atoms with Crippen LogP contribution in [-0.2, 0) is 21.0 Å². The number of amides is 1. The highest BCUT2D eigenvalue weighted by atomic mass is 32.2. The van der Waals surface area contributed by atoms with Crippen LogP contribution in [0, 0.1) is 12.8 Å². The number of hydrogen-bond donors (Lipinski definition) is 1. The van der Waals surface area contributed by atoms with E-state index < -0.39 is 37.9 Å². The van der Waals surface area contributed by atoms with Gasteiger partial charge >= 0.3 is 6.18 Å². The molecular weight excluding hydrogens is 343 g/mol. The molecule has 0 spiro atoms. The number of alkyl halides is 3. The molecule has 0 aromatic carbocycles. The van der Waals surface area contributed by atoms with E-state index in [1.54, 1.807) is 0 Å². The van der Waals surface area contributed by atoms with Crippen LogP contribution in [0.2, 0.25) is 0 Å². The van der Waals surface area contributed by atoms with Crippen LogP contribution in [0.1, 0.15) is 23.5 Å². The number of thiazole rings is 1. The number of carbonyl (C=O) groups is 1. The lowest BCUT2D eigenvalue weighted by atomic mass is 9.98. The van der Waals surface area contributed by atoms with Gasteiger partial charge in [0.15, 0.2) is 9.90 Å². The summed E-state index contributed by atoms with van der Waals surface area (Å²) in [7, 11) is -4.29. The third-order valence-electron chi connectivity index (χ3n) is 3.40. The summed E-state index contributed by atoms with van der Waals surface area (Å²) < 4.78 is 63.8. The molecule has 2 N–H and O–H groups in total. The second-order valence-corrected chi connectivity index (χ2v) is 8.28. The Morgan fingerprint density at radius 3 is 2.36 bits per heavy atom. The van der Waals surface area contributed by atoms with E-state index >= 15 is 0 Å². The Bertz CT molecular complexity index is 676. The van der Waals surface area contributed by atoms with Crippen LogP contribution in [-0.4, -0.2) is 36.7 Å². The topological polar surface area (TPSA) is 93.4 Å². The quantitative estimate of drug-likeness (QED) is 0.884. The number of hydrogen-bond acceptors (Lipinski definition) is 5. The third-order valence-corrected chi connectivity index (χ3v) is 6.76. The molecule has 1 aliphatic heterocycles. The maximum Gasteiger partial charge on any atom is 0.435 e. The third kappa shape index (κ3) is 3.25. The minimum Gasteiger partial charge on any atom is -0.369 e. The Morgan fingerprint density at radius 2 is 1.91 bits per heavy atom. The number of halogens is 3. The average Bonchev–Trinajstić information content (AvgIpc) is 2.82. The minimum atomic E-state index is -4.83. The van der Waals surface area contributed by atoms with Crippen molar-refractivity contribution < 1.29 is 26.4 Å². The van der Waals surface area contributed by atoms with E-state index in [4.69, 9.17) is 5.73 Å². The number of rotatable bonds is 3. The van der Waals surface area contributed by atoms with Gasteiger partial charge in [-0.2, -0.15) is 17.5 Å². The van der Waals surface area contributed by atoms with Crippen LogP contribution in [0.4, 0.5) is 13.2 Å². The first kappa shape index (κ1) is 17.2. The molecule has 0 aliphatic carbocycles. The fourth-order valence-corrected chi connectivity index (χ4v) is 5.35. The first-order valence-corrected chi connectivity index (χ1v) is 8.63. The second kappa shape index (κ2) is 5.78. The molecule has 22 heavy (non-hydrogen) atoms. The smallest absolute Gasteiger partial charge is 0.369 e. The van der Waals surface area contributed by atoms with E-state index in [9.17, 15) is 26.4 Å². The molecule has 1 aromatic heterocycles. The molecule has 1 aromatic rings. The van der Waals surface area contributed by atoms with E-state index in [1.807, 2.05) is 0 Å². The van der Waals surface area contributed by atoms with Gasteiger partial charge in [-0.05, 0) is 19.8 Å². The maximum atomic E-state index is 12.9. The second-order valence-electron chi connectivity index (χ2n) is 4.95. The van der Waals surface area contributed by atoms with E-state index in [1.165, 1.54) is 6.92 Å². The number of carbonyl (C=O) groups excluding carboxylic acids is 1. The van der Waals surface area contributed by atoms with Crippen molar-refractivity contribution in [3.8, 4) is 0 Å². The summed E-state index contributed by atoms with van der Waals surface area (Å²) in [6.45, 7) is 1.24. The zero-order valence-corrected chi connectivity index (χ0v) is 13.2. The Labute approximate surface area is 129 Å². The van der Waals surface area contributed by atoms with Gasteiger partial charge in [0, 0.05) is 19.0 Å². The van der Waals surface area contributed by atoms with Gasteiger partial charge in [0.2, 0.25) is 5.91 Å². The molecular formula is C11H14F3N3O3S2. The molecule has 2 heterocycles. The van der Waals surface area contributed by atoms with Crippen molar-refractivity contribution in [3.63, 3.8) is 0 Å². The summed E-state index contributed by atoms with van der Waals surface area (Å²) in [5.41, 5.74) is 3.77. The van der Waals surface area contributed by atoms with Crippen molar-refractivity contribution in [1.29, 1.82) is 0 Å². The number of piperidine rings is 1. The summed E-state index contributed by atoms with van der Waals surface area (Å²) in [4.78, 5) is 14.4. The van der Waals surface area contributed by atoms with Gasteiger partial charge in [0.05, 0.1) is 5.01 Å². The molecule has 0 atom stereocenters. The van der Waals surface area contributed by atoms with Gasteiger partial charge in [-0.3, -0.25) is 4.79 Å². The highest BCUT2D eigenvalue weighted by Gasteiger charge is 2.43. The van der Waals surface area contributed by atoms with Crippen molar-refractivity contribution in [1.82, 2.24) is 9.29 Å². The molecule has 0 radical (unpaired) electrons. The first-order chi connectivity index (χ1) is 10.0. The molecule has 11 heteroatoms. The number of primary amides is 1. The summed E-state index contributed by atoms with van der Waals surface area (Å²) in [6.07, 6.45) is -4.43. The molecule has 0 saturated carbocycles. The van der Waals surface area contributed by atoms with E-state index in [2.05, 4.69) is 4.98 Å². The fraction of sp³-hybridized carbons (Fsp3) is 0.636. The Hall–Kier alpha value is -1.20. The van der Waals surface area contributed by atoms with Gasteiger partial charge in [0.25, 0.3) is 10.0 Å². The van der Waals surface area contributed by atoms with Gasteiger partial charge in [-0.15, -0.1) is 11.3 Å². The summed E-state index contributed by atoms with van der Waals surface area (Å²) >= 11 is 0.497. The van der Waals surface area contributed by atoms with Gasteiger partial charge in [0.1, 0.15) is 0 Å². The van der Waals surface area contributed by atoms with Crippen LogP contribution in [0.25, 0.3) is 0 Å². The molecule has 1 fully saturated rings. The highest BCUT2D eigenvalue weighted by molar-refractivity contribution is 7.91. The number of nitrogens with zero attached hydrogens (tertiary/aromatic N) is 2. The predicted molar refractivity (Wildman–Crippen MR) is 72.5 cm³/mol. The fourth-order valence-electron chi connectivity index (χ4n) is 2.26. The lowest BCUT2D eigenvalue weighted by Crippen LogP contribution is -2.41. The van der Waals surface area contributed by atoms with E-state index in [-0.39, 0.29) is 30.9 Å². The van der Waals surface area contributed by atoms with Crippen LogP contribution in [0.5, 0.6) is 0 Å². The van der Waals surface area contributed by atoms with Gasteiger partial charge in [-0.25, -0.2) is 13.4 Å². The normalized spacial score (nSPS) is 18.5. The van der Waals surface area contributed by atoms with E-state index in [0.29, 0.717) is 11.3 Å². The van der Waals surface area contributed by atoms with Gasteiger partial charge < -0.3 is 5.73 Å². The molecule has 0 unspecified atom stereocenters. The number of aryl methyl sites for hydroxylation is 1. The first-order valence-electron chi connectivity index (χ1n) is 6.37. The van der Waals surface area contributed by atoms with Crippen molar-refractivity contribution in [3.05, 3.63) is 10.7 Å². The Morgan fingerprint density at radius 1 is 1.36 bits per heavy atom. The summed E-state index contributed by atoms with van der Waals surface area (Å²) in [5.74, 6) is -0.974. The minimum absolute atomic E-state index is 0.0259. The zero-order chi connectivity index (χ0) is 16.7. The van der Waals surface area contributed by atoms with Crippen molar-refractivity contribution in [2.75, 3.05) is 13.1 Å². The lowest BCUT2D eigenvalue weighted by Gasteiger charge is -2.29. The lowest BCUT2D eigenvalue weighted by molar-refractivity contribution is -0.143. The molecule has 1 amide bonds. The SMILES string of the molecule is Cc1nc(C(F)(F)F)c(S(=O)(=O)N2CCC(C(N)=O)CC2)s1. The Balaban J connectivity index is 2.31. The molecule has 124 valence electrons. The van der Waals surface area contributed by atoms with Gasteiger partial charge in [-0.1, -0.05) is 0 Å². The molecule has 6 nitrogen and oxygen atoms in total. The zero-order valence-electron chi connectivity index (χ0n) is 11.6. The van der Waals surface area contributed by atoms with Crippen molar-refractivity contribution in [2.24, 2.45) is 11.7 Å². The average molecular weight is 357 g/mol. The monoisotopic (exact) mass is 357 g/mol. The van der Waals surface area contributed by atoms with Crippen LogP contribution in [0.15, 0.2) is 4.21 Å². The number of sulfonamides is 1.